The van der Waals surface area contributed by atoms with Crippen molar-refractivity contribution in [1.29, 1.82) is 0 Å². The van der Waals surface area contributed by atoms with Gasteiger partial charge in [0.25, 0.3) is 5.22 Å². The first-order valence-corrected chi connectivity index (χ1v) is 6.01. The molecule has 94 valence electrons. The summed E-state index contributed by atoms with van der Waals surface area (Å²) in [6.45, 7) is 0. The molecule has 2 rings (SSSR count). The summed E-state index contributed by atoms with van der Waals surface area (Å²) in [6, 6.07) is 7.26. The van der Waals surface area contributed by atoms with Crippen LogP contribution in [0.15, 0.2) is 34.0 Å². The molecule has 0 saturated heterocycles. The Labute approximate surface area is 107 Å². The first kappa shape index (κ1) is 12.4. The van der Waals surface area contributed by atoms with Gasteiger partial charge in [0.05, 0.1) is 12.7 Å². The van der Waals surface area contributed by atoms with E-state index in [1.54, 1.807) is 19.2 Å². The first-order valence-electron chi connectivity index (χ1n) is 5.02. The van der Waals surface area contributed by atoms with E-state index in [1.807, 2.05) is 12.1 Å². The van der Waals surface area contributed by atoms with Crippen molar-refractivity contribution in [2.24, 2.45) is 0 Å². The zero-order valence-electron chi connectivity index (χ0n) is 9.49. The van der Waals surface area contributed by atoms with Crippen LogP contribution in [-0.2, 0) is 4.79 Å². The molecule has 2 aromatic rings. The van der Waals surface area contributed by atoms with E-state index in [0.29, 0.717) is 17.1 Å². The van der Waals surface area contributed by atoms with Crippen LogP contribution in [0.4, 0.5) is 0 Å². The van der Waals surface area contributed by atoms with Gasteiger partial charge in [-0.25, -0.2) is 0 Å². The Morgan fingerprint density at radius 3 is 3.00 bits per heavy atom. The van der Waals surface area contributed by atoms with E-state index in [9.17, 15) is 4.79 Å². The van der Waals surface area contributed by atoms with Crippen molar-refractivity contribution in [3.05, 3.63) is 24.3 Å². The average molecular weight is 266 g/mol. The van der Waals surface area contributed by atoms with Gasteiger partial charge in [-0.15, -0.1) is 0 Å². The summed E-state index contributed by atoms with van der Waals surface area (Å²) in [6.07, 6.45) is 0. The van der Waals surface area contributed by atoms with E-state index in [0.717, 1.165) is 11.8 Å². The molecule has 18 heavy (non-hydrogen) atoms. The van der Waals surface area contributed by atoms with Crippen LogP contribution >= 0.6 is 11.8 Å². The third-order valence-electron chi connectivity index (χ3n) is 2.07. The highest BCUT2D eigenvalue weighted by Gasteiger charge is 2.13. The number of rotatable bonds is 5. The van der Waals surface area contributed by atoms with E-state index in [4.69, 9.17) is 14.4 Å². The Hall–Kier alpha value is -2.02. The molecule has 0 fully saturated rings. The van der Waals surface area contributed by atoms with Crippen molar-refractivity contribution in [3.63, 3.8) is 0 Å². The lowest BCUT2D eigenvalue weighted by Gasteiger charge is -2.02. The normalized spacial score (nSPS) is 10.3. The van der Waals surface area contributed by atoms with Crippen LogP contribution in [0.25, 0.3) is 11.4 Å². The van der Waals surface area contributed by atoms with Crippen molar-refractivity contribution in [2.75, 3.05) is 12.9 Å². The van der Waals surface area contributed by atoms with Crippen molar-refractivity contribution in [3.8, 4) is 17.1 Å². The second-order valence-electron chi connectivity index (χ2n) is 3.27. The Balaban J connectivity index is 2.21. The van der Waals surface area contributed by atoms with Gasteiger partial charge in [-0.3, -0.25) is 4.79 Å². The Bertz CT molecular complexity index is 555. The van der Waals surface area contributed by atoms with Gasteiger partial charge in [0, 0.05) is 0 Å². The minimum atomic E-state index is -0.933. The quantitative estimate of drug-likeness (QED) is 0.827. The molecule has 1 N–H and O–H groups in total. The van der Waals surface area contributed by atoms with E-state index in [-0.39, 0.29) is 11.0 Å². The standard InChI is InChI=1S/C11H10N2O4S/c1-16-8-5-3-2-4-7(8)10-12-11(17-13-10)18-6-9(14)15/h2-5H,6H2,1H3,(H,14,15). The number of ether oxygens (including phenoxy) is 1. The zero-order valence-corrected chi connectivity index (χ0v) is 10.3. The van der Waals surface area contributed by atoms with Crippen molar-refractivity contribution in [1.82, 2.24) is 10.1 Å². The second kappa shape index (κ2) is 5.54. The Kier molecular flexibility index (Phi) is 3.83. The molecule has 0 unspecified atom stereocenters. The lowest BCUT2D eigenvalue weighted by molar-refractivity contribution is -0.133. The van der Waals surface area contributed by atoms with Gasteiger partial charge < -0.3 is 14.4 Å². The number of carboxylic acids is 1. The minimum absolute atomic E-state index is 0.118. The molecule has 0 spiro atoms. The summed E-state index contributed by atoms with van der Waals surface area (Å²) in [5.41, 5.74) is 0.700. The molecule has 0 bridgehead atoms. The van der Waals surface area contributed by atoms with Crippen LogP contribution in [0.1, 0.15) is 0 Å². The molecule has 0 aliphatic carbocycles. The van der Waals surface area contributed by atoms with Gasteiger partial charge in [0.2, 0.25) is 5.82 Å². The fraction of sp³-hybridized carbons (Fsp3) is 0.182. The number of para-hydroxylation sites is 1. The van der Waals surface area contributed by atoms with Crippen molar-refractivity contribution >= 4 is 17.7 Å². The summed E-state index contributed by atoms with van der Waals surface area (Å²) in [5.74, 6) is -0.0430. The number of aromatic nitrogens is 2. The predicted octanol–water partition coefficient (Wildman–Crippen LogP) is 1.92. The molecule has 0 radical (unpaired) electrons. The molecule has 0 aliphatic rings. The first-order chi connectivity index (χ1) is 8.70. The van der Waals surface area contributed by atoms with E-state index in [1.165, 1.54) is 0 Å². The van der Waals surface area contributed by atoms with Gasteiger partial charge >= 0.3 is 5.97 Å². The highest BCUT2D eigenvalue weighted by molar-refractivity contribution is 7.99. The van der Waals surface area contributed by atoms with Crippen LogP contribution in [0, 0.1) is 0 Å². The highest BCUT2D eigenvalue weighted by atomic mass is 32.2. The molecule has 0 aliphatic heterocycles. The van der Waals surface area contributed by atoms with Gasteiger partial charge in [0.1, 0.15) is 11.5 Å². The molecule has 1 aromatic heterocycles. The zero-order chi connectivity index (χ0) is 13.0. The van der Waals surface area contributed by atoms with Gasteiger partial charge in [0.15, 0.2) is 0 Å². The van der Waals surface area contributed by atoms with Crippen molar-refractivity contribution in [2.45, 2.75) is 5.22 Å². The smallest absolute Gasteiger partial charge is 0.314 e. The molecular formula is C11H10N2O4S. The number of aliphatic carboxylic acids is 1. The fourth-order valence-corrected chi connectivity index (χ4v) is 1.82. The summed E-state index contributed by atoms with van der Waals surface area (Å²) in [7, 11) is 1.55. The maximum absolute atomic E-state index is 10.4. The molecule has 6 nitrogen and oxygen atoms in total. The third kappa shape index (κ3) is 2.80. The number of hydrogen-bond donors (Lipinski definition) is 1. The summed E-state index contributed by atoms with van der Waals surface area (Å²) < 4.78 is 10.1. The maximum Gasteiger partial charge on any atom is 0.314 e. The Morgan fingerprint density at radius 1 is 1.50 bits per heavy atom. The summed E-state index contributed by atoms with van der Waals surface area (Å²) in [4.78, 5) is 14.5. The summed E-state index contributed by atoms with van der Waals surface area (Å²) in [5, 5.41) is 12.6. The molecule has 1 aromatic carbocycles. The van der Waals surface area contributed by atoms with Crippen LogP contribution in [0.2, 0.25) is 0 Å². The molecule has 0 saturated carbocycles. The number of carboxylic acid groups (broad SMARTS) is 1. The third-order valence-corrected chi connectivity index (χ3v) is 2.88. The SMILES string of the molecule is COc1ccccc1-c1noc(SCC(=O)O)n1. The minimum Gasteiger partial charge on any atom is -0.496 e. The summed E-state index contributed by atoms with van der Waals surface area (Å²) >= 11 is 0.977. The molecule has 0 amide bonds. The maximum atomic E-state index is 10.4. The number of methoxy groups -OCH3 is 1. The topological polar surface area (TPSA) is 85.5 Å². The van der Waals surface area contributed by atoms with E-state index >= 15 is 0 Å². The monoisotopic (exact) mass is 266 g/mol. The lowest BCUT2D eigenvalue weighted by atomic mass is 10.2. The van der Waals surface area contributed by atoms with Crippen molar-refractivity contribution < 1.29 is 19.2 Å². The lowest BCUT2D eigenvalue weighted by Crippen LogP contribution is -1.97. The average Bonchev–Trinajstić information content (AvgIpc) is 2.85. The van der Waals surface area contributed by atoms with Crippen LogP contribution < -0.4 is 4.74 Å². The van der Waals surface area contributed by atoms with Crippen LogP contribution in [-0.4, -0.2) is 34.1 Å². The molecule has 1 heterocycles. The second-order valence-corrected chi connectivity index (χ2v) is 4.19. The number of thioether (sulfide) groups is 1. The predicted molar refractivity (Wildman–Crippen MR) is 64.6 cm³/mol. The number of nitrogens with zero attached hydrogens (tertiary/aromatic N) is 2. The molecule has 7 heteroatoms. The molecular weight excluding hydrogens is 256 g/mol. The number of carbonyl (C=O) groups is 1. The largest absolute Gasteiger partial charge is 0.496 e. The van der Waals surface area contributed by atoms with E-state index in [2.05, 4.69) is 10.1 Å². The van der Waals surface area contributed by atoms with Gasteiger partial charge in [-0.2, -0.15) is 4.98 Å². The number of benzene rings is 1. The molecule has 0 atom stereocenters. The fourth-order valence-electron chi connectivity index (χ4n) is 1.33. The van der Waals surface area contributed by atoms with Crippen LogP contribution in [0.5, 0.6) is 5.75 Å². The number of hydrogen-bond acceptors (Lipinski definition) is 6. The highest BCUT2D eigenvalue weighted by Crippen LogP contribution is 2.28. The van der Waals surface area contributed by atoms with Gasteiger partial charge in [-0.05, 0) is 12.1 Å². The Morgan fingerprint density at radius 2 is 2.28 bits per heavy atom. The van der Waals surface area contributed by atoms with Crippen LogP contribution in [0.3, 0.4) is 0 Å². The van der Waals surface area contributed by atoms with Gasteiger partial charge in [-0.1, -0.05) is 29.1 Å². The van der Waals surface area contributed by atoms with E-state index < -0.39 is 5.97 Å².